The Kier molecular flexibility index (Phi) is 6.12. The van der Waals surface area contributed by atoms with Crippen molar-refractivity contribution in [3.05, 3.63) is 65.4 Å². The second kappa shape index (κ2) is 8.73. The number of amides is 2. The van der Waals surface area contributed by atoms with Crippen molar-refractivity contribution in [1.29, 1.82) is 0 Å². The molecule has 0 bridgehead atoms. The normalized spacial score (nSPS) is 10.8. The zero-order valence-electron chi connectivity index (χ0n) is 17.1. The molecule has 0 fully saturated rings. The molecule has 0 unspecified atom stereocenters. The summed E-state index contributed by atoms with van der Waals surface area (Å²) < 4.78 is 4.93. The fourth-order valence-corrected chi connectivity index (χ4v) is 3.05. The molecule has 3 aromatic rings. The molecule has 2 amide bonds. The Morgan fingerprint density at radius 1 is 1.03 bits per heavy atom. The lowest BCUT2D eigenvalue weighted by atomic mass is 10.0. The van der Waals surface area contributed by atoms with Gasteiger partial charge in [0, 0.05) is 22.5 Å². The van der Waals surface area contributed by atoms with Gasteiger partial charge in [-0.2, -0.15) is 0 Å². The number of ether oxygens (including phenoxy) is 1. The van der Waals surface area contributed by atoms with Crippen molar-refractivity contribution in [3.8, 4) is 0 Å². The van der Waals surface area contributed by atoms with Crippen LogP contribution in [0.15, 0.2) is 48.5 Å². The minimum absolute atomic E-state index is 0.199. The van der Waals surface area contributed by atoms with Crippen LogP contribution in [0.5, 0.6) is 0 Å². The Morgan fingerprint density at radius 2 is 1.72 bits per heavy atom. The molecule has 0 spiro atoms. The number of nitrogens with one attached hydrogen (secondary N) is 2. The van der Waals surface area contributed by atoms with Crippen molar-refractivity contribution >= 4 is 34.3 Å². The summed E-state index contributed by atoms with van der Waals surface area (Å²) in [5.41, 5.74) is 4.18. The maximum atomic E-state index is 13.1. The van der Waals surface area contributed by atoms with Gasteiger partial charge in [0.25, 0.3) is 5.91 Å². The lowest BCUT2D eigenvalue weighted by Crippen LogP contribution is -2.17. The number of carbonyl (C=O) groups excluding carboxylic acids is 2. The number of aromatic nitrogens is 1. The van der Waals surface area contributed by atoms with Gasteiger partial charge < -0.3 is 10.1 Å². The molecule has 1 aromatic heterocycles. The maximum Gasteiger partial charge on any atom is 0.411 e. The van der Waals surface area contributed by atoms with E-state index in [1.807, 2.05) is 51.1 Å². The second-order valence-corrected chi connectivity index (χ2v) is 7.04. The second-order valence-electron chi connectivity index (χ2n) is 7.04. The number of hydrogen-bond donors (Lipinski definition) is 2. The smallest absolute Gasteiger partial charge is 0.411 e. The Labute approximate surface area is 170 Å². The number of hydrogen-bond acceptors (Lipinski definition) is 4. The standard InChI is InChI=1S/C23H25N3O3/c1-5-29-23(28)26-19-12-8-11-18(15(19)4)25-22(27)17-13-21(14(2)3)24-20-10-7-6-9-16(17)20/h6-14H,5H2,1-4H3,(H,25,27)(H,26,28). The average Bonchev–Trinajstić information content (AvgIpc) is 2.70. The summed E-state index contributed by atoms with van der Waals surface area (Å²) in [5.74, 6) is -0.0214. The third-order valence-electron chi connectivity index (χ3n) is 4.67. The summed E-state index contributed by atoms with van der Waals surface area (Å²) in [4.78, 5) is 29.5. The van der Waals surface area contributed by atoms with Crippen molar-refractivity contribution in [2.75, 3.05) is 17.2 Å². The van der Waals surface area contributed by atoms with Crippen LogP contribution in [0.2, 0.25) is 0 Å². The molecule has 6 heteroatoms. The highest BCUT2D eigenvalue weighted by molar-refractivity contribution is 6.13. The molecule has 0 atom stereocenters. The summed E-state index contributed by atoms with van der Waals surface area (Å²) in [5, 5.41) is 6.47. The molecule has 3 rings (SSSR count). The minimum atomic E-state index is -0.527. The molecule has 0 radical (unpaired) electrons. The molecule has 150 valence electrons. The van der Waals surface area contributed by atoms with Gasteiger partial charge in [-0.1, -0.05) is 38.1 Å². The molecule has 2 N–H and O–H groups in total. The molecular weight excluding hydrogens is 366 g/mol. The number of para-hydroxylation sites is 1. The SMILES string of the molecule is CCOC(=O)Nc1cccc(NC(=O)c2cc(C(C)C)nc3ccccc23)c1C. The van der Waals surface area contributed by atoms with E-state index in [1.54, 1.807) is 25.1 Å². The molecular formula is C23H25N3O3. The topological polar surface area (TPSA) is 80.3 Å². The van der Waals surface area contributed by atoms with E-state index in [4.69, 9.17) is 4.74 Å². The quantitative estimate of drug-likeness (QED) is 0.603. The van der Waals surface area contributed by atoms with Gasteiger partial charge in [0.1, 0.15) is 0 Å². The molecule has 0 saturated carbocycles. The van der Waals surface area contributed by atoms with Gasteiger partial charge in [-0.15, -0.1) is 0 Å². The van der Waals surface area contributed by atoms with Gasteiger partial charge in [-0.3, -0.25) is 15.1 Å². The summed E-state index contributed by atoms with van der Waals surface area (Å²) in [7, 11) is 0. The van der Waals surface area contributed by atoms with Gasteiger partial charge in [0.15, 0.2) is 0 Å². The van der Waals surface area contributed by atoms with Gasteiger partial charge in [0.2, 0.25) is 0 Å². The first-order valence-electron chi connectivity index (χ1n) is 9.65. The molecule has 1 heterocycles. The van der Waals surface area contributed by atoms with Crippen molar-refractivity contribution in [1.82, 2.24) is 4.98 Å². The van der Waals surface area contributed by atoms with Crippen LogP contribution in [0, 0.1) is 6.92 Å². The first-order valence-corrected chi connectivity index (χ1v) is 9.65. The number of benzene rings is 2. The van der Waals surface area contributed by atoms with E-state index in [-0.39, 0.29) is 18.4 Å². The molecule has 0 aliphatic heterocycles. The predicted octanol–water partition coefficient (Wildman–Crippen LogP) is 5.49. The maximum absolute atomic E-state index is 13.1. The number of nitrogens with zero attached hydrogens (tertiary/aromatic N) is 1. The van der Waals surface area contributed by atoms with Crippen molar-refractivity contribution in [2.45, 2.75) is 33.6 Å². The van der Waals surface area contributed by atoms with E-state index in [9.17, 15) is 9.59 Å². The molecule has 0 aliphatic rings. The highest BCUT2D eigenvalue weighted by Gasteiger charge is 2.16. The highest BCUT2D eigenvalue weighted by atomic mass is 16.5. The van der Waals surface area contributed by atoms with Gasteiger partial charge >= 0.3 is 6.09 Å². The van der Waals surface area contributed by atoms with Crippen molar-refractivity contribution in [2.24, 2.45) is 0 Å². The first kappa shape index (κ1) is 20.3. The molecule has 0 saturated heterocycles. The van der Waals surface area contributed by atoms with Crippen LogP contribution in [-0.2, 0) is 4.74 Å². The van der Waals surface area contributed by atoms with Gasteiger partial charge in [-0.25, -0.2) is 4.79 Å². The lowest BCUT2D eigenvalue weighted by Gasteiger charge is -2.15. The molecule has 2 aromatic carbocycles. The van der Waals surface area contributed by atoms with Crippen molar-refractivity contribution in [3.63, 3.8) is 0 Å². The largest absolute Gasteiger partial charge is 0.450 e. The van der Waals surface area contributed by atoms with Gasteiger partial charge in [0.05, 0.1) is 17.7 Å². The summed E-state index contributed by atoms with van der Waals surface area (Å²) in [6.07, 6.45) is -0.527. The van der Waals surface area contributed by atoms with E-state index in [1.165, 1.54) is 0 Å². The number of rotatable bonds is 5. The fourth-order valence-electron chi connectivity index (χ4n) is 3.05. The zero-order chi connectivity index (χ0) is 21.0. The highest BCUT2D eigenvalue weighted by Crippen LogP contribution is 2.26. The van der Waals surface area contributed by atoms with Crippen LogP contribution in [-0.4, -0.2) is 23.6 Å². The summed E-state index contributed by atoms with van der Waals surface area (Å²) in [6.45, 7) is 7.96. The Bertz CT molecular complexity index is 1060. The van der Waals surface area contributed by atoms with Crippen LogP contribution in [0.3, 0.4) is 0 Å². The summed E-state index contributed by atoms with van der Waals surface area (Å²) in [6, 6.07) is 14.8. The van der Waals surface area contributed by atoms with E-state index in [0.717, 1.165) is 22.2 Å². The van der Waals surface area contributed by atoms with Crippen LogP contribution in [0.4, 0.5) is 16.2 Å². The van der Waals surface area contributed by atoms with Crippen LogP contribution < -0.4 is 10.6 Å². The Morgan fingerprint density at radius 3 is 2.41 bits per heavy atom. The third kappa shape index (κ3) is 4.54. The van der Waals surface area contributed by atoms with Crippen LogP contribution in [0.1, 0.15) is 48.3 Å². The first-order chi connectivity index (χ1) is 13.9. The van der Waals surface area contributed by atoms with E-state index in [2.05, 4.69) is 15.6 Å². The van der Waals surface area contributed by atoms with Crippen LogP contribution in [0.25, 0.3) is 10.9 Å². The minimum Gasteiger partial charge on any atom is -0.450 e. The van der Waals surface area contributed by atoms with Gasteiger partial charge in [-0.05, 0) is 49.6 Å². The Hall–Kier alpha value is -3.41. The third-order valence-corrected chi connectivity index (χ3v) is 4.67. The van der Waals surface area contributed by atoms with E-state index < -0.39 is 6.09 Å². The van der Waals surface area contributed by atoms with Crippen molar-refractivity contribution < 1.29 is 14.3 Å². The predicted molar refractivity (Wildman–Crippen MR) is 116 cm³/mol. The molecule has 6 nitrogen and oxygen atoms in total. The summed E-state index contributed by atoms with van der Waals surface area (Å²) >= 11 is 0. The van der Waals surface area contributed by atoms with E-state index >= 15 is 0 Å². The Balaban J connectivity index is 1.94. The monoisotopic (exact) mass is 391 g/mol. The van der Waals surface area contributed by atoms with Crippen LogP contribution >= 0.6 is 0 Å². The number of anilines is 2. The zero-order valence-corrected chi connectivity index (χ0v) is 17.1. The number of carbonyl (C=O) groups is 2. The molecule has 29 heavy (non-hydrogen) atoms. The number of fused-ring (bicyclic) bond motifs is 1. The fraction of sp³-hybridized carbons (Fsp3) is 0.261. The van der Waals surface area contributed by atoms with E-state index in [0.29, 0.717) is 16.9 Å². The molecule has 0 aliphatic carbocycles. The lowest BCUT2D eigenvalue weighted by molar-refractivity contribution is 0.102. The average molecular weight is 391 g/mol. The number of pyridine rings is 1.